The van der Waals surface area contributed by atoms with Crippen LogP contribution in [0.5, 0.6) is 17.2 Å². The molecule has 0 aromatic heterocycles. The number of rotatable bonds is 6. The first-order valence-corrected chi connectivity index (χ1v) is 8.88. The highest BCUT2D eigenvalue weighted by Gasteiger charge is 2.14. The number of hydrogen-bond donors (Lipinski definition) is 0. The molecule has 0 aliphatic carbocycles. The quantitative estimate of drug-likeness (QED) is 0.490. The van der Waals surface area contributed by atoms with Gasteiger partial charge in [-0.3, -0.25) is 4.79 Å². The van der Waals surface area contributed by atoms with Gasteiger partial charge in [0.15, 0.2) is 5.75 Å². The summed E-state index contributed by atoms with van der Waals surface area (Å²) in [6.45, 7) is 4.30. The number of aldehydes is 1. The van der Waals surface area contributed by atoms with E-state index in [9.17, 15) is 4.79 Å². The molecule has 0 bridgehead atoms. The molecule has 122 valence electrons. The van der Waals surface area contributed by atoms with Gasteiger partial charge in [-0.25, -0.2) is 0 Å². The van der Waals surface area contributed by atoms with Crippen molar-refractivity contribution in [3.8, 4) is 17.2 Å². The lowest BCUT2D eigenvalue weighted by atomic mass is 9.97. The summed E-state index contributed by atoms with van der Waals surface area (Å²) in [6, 6.07) is 9.24. The van der Waals surface area contributed by atoms with Crippen LogP contribution in [0.3, 0.4) is 0 Å². The third kappa shape index (κ3) is 4.15. The van der Waals surface area contributed by atoms with E-state index in [1.54, 1.807) is 19.2 Å². The van der Waals surface area contributed by atoms with E-state index in [2.05, 4.69) is 45.7 Å². The van der Waals surface area contributed by atoms with E-state index in [-0.39, 0.29) is 0 Å². The molecule has 0 saturated heterocycles. The summed E-state index contributed by atoms with van der Waals surface area (Å²) >= 11 is 6.89. The van der Waals surface area contributed by atoms with Crippen LogP contribution in [-0.2, 0) is 0 Å². The first-order valence-electron chi connectivity index (χ1n) is 7.30. The molecule has 0 spiro atoms. The van der Waals surface area contributed by atoms with Crippen molar-refractivity contribution in [1.82, 2.24) is 0 Å². The van der Waals surface area contributed by atoms with Crippen LogP contribution < -0.4 is 9.47 Å². The molecule has 3 nitrogen and oxygen atoms in total. The molecule has 23 heavy (non-hydrogen) atoms. The van der Waals surface area contributed by atoms with Crippen LogP contribution in [0.15, 0.2) is 39.3 Å². The van der Waals surface area contributed by atoms with Gasteiger partial charge in [-0.2, -0.15) is 0 Å². The average molecular weight is 442 g/mol. The highest BCUT2D eigenvalue weighted by Crippen LogP contribution is 2.39. The van der Waals surface area contributed by atoms with Gasteiger partial charge in [0, 0.05) is 11.1 Å². The molecule has 1 atom stereocenters. The predicted octanol–water partition coefficient (Wildman–Crippen LogP) is 6.34. The SMILES string of the molecule is CCC(C)c1cc(Oc2c(Br)cc(C=O)cc2Br)ccc1OC. The van der Waals surface area contributed by atoms with Crippen LogP contribution in [0, 0.1) is 0 Å². The highest BCUT2D eigenvalue weighted by molar-refractivity contribution is 9.11. The van der Waals surface area contributed by atoms with E-state index in [0.29, 0.717) is 17.2 Å². The fraction of sp³-hybridized carbons (Fsp3) is 0.278. The van der Waals surface area contributed by atoms with Crippen LogP contribution in [0.2, 0.25) is 0 Å². The second-order valence-electron chi connectivity index (χ2n) is 5.25. The summed E-state index contributed by atoms with van der Waals surface area (Å²) in [5.74, 6) is 2.59. The summed E-state index contributed by atoms with van der Waals surface area (Å²) < 4.78 is 12.9. The number of halogens is 2. The van der Waals surface area contributed by atoms with E-state index >= 15 is 0 Å². The van der Waals surface area contributed by atoms with Crippen LogP contribution in [0.25, 0.3) is 0 Å². The van der Waals surface area contributed by atoms with Crippen molar-refractivity contribution in [2.24, 2.45) is 0 Å². The van der Waals surface area contributed by atoms with E-state index in [0.717, 1.165) is 38.7 Å². The summed E-state index contributed by atoms with van der Waals surface area (Å²) in [7, 11) is 1.67. The van der Waals surface area contributed by atoms with Crippen molar-refractivity contribution in [1.29, 1.82) is 0 Å². The van der Waals surface area contributed by atoms with Gasteiger partial charge < -0.3 is 9.47 Å². The molecule has 0 fully saturated rings. The van der Waals surface area contributed by atoms with Crippen molar-refractivity contribution in [2.45, 2.75) is 26.2 Å². The zero-order valence-electron chi connectivity index (χ0n) is 13.2. The molecule has 0 aliphatic rings. The Kier molecular flexibility index (Phi) is 6.25. The minimum atomic E-state index is 0.373. The largest absolute Gasteiger partial charge is 0.496 e. The summed E-state index contributed by atoms with van der Waals surface area (Å²) in [5, 5.41) is 0. The molecule has 2 aromatic carbocycles. The average Bonchev–Trinajstić information content (AvgIpc) is 2.56. The van der Waals surface area contributed by atoms with Gasteiger partial charge in [-0.15, -0.1) is 0 Å². The number of methoxy groups -OCH3 is 1. The Morgan fingerprint density at radius 3 is 2.35 bits per heavy atom. The third-order valence-corrected chi connectivity index (χ3v) is 4.90. The molecular weight excluding hydrogens is 424 g/mol. The number of carbonyl (C=O) groups is 1. The lowest BCUT2D eigenvalue weighted by Crippen LogP contribution is -1.98. The Balaban J connectivity index is 2.39. The van der Waals surface area contributed by atoms with Crippen molar-refractivity contribution in [2.75, 3.05) is 7.11 Å². The Bertz CT molecular complexity index is 690. The Labute approximate surface area is 153 Å². The van der Waals surface area contributed by atoms with Crippen LogP contribution in [0.1, 0.15) is 42.1 Å². The fourth-order valence-electron chi connectivity index (χ4n) is 2.24. The molecule has 0 heterocycles. The van der Waals surface area contributed by atoms with E-state index in [1.807, 2.05) is 18.2 Å². The normalized spacial score (nSPS) is 11.9. The smallest absolute Gasteiger partial charge is 0.155 e. The molecule has 2 rings (SSSR count). The monoisotopic (exact) mass is 440 g/mol. The Hall–Kier alpha value is -1.33. The maximum absolute atomic E-state index is 10.9. The highest BCUT2D eigenvalue weighted by atomic mass is 79.9. The number of carbonyl (C=O) groups excluding carboxylic acids is 1. The molecule has 0 N–H and O–H groups in total. The van der Waals surface area contributed by atoms with Crippen molar-refractivity contribution in [3.05, 3.63) is 50.4 Å². The number of hydrogen-bond acceptors (Lipinski definition) is 3. The first-order chi connectivity index (χ1) is 11.0. The first kappa shape index (κ1) is 18.0. The van der Waals surface area contributed by atoms with Gasteiger partial charge in [0.05, 0.1) is 16.1 Å². The van der Waals surface area contributed by atoms with Crippen molar-refractivity contribution >= 4 is 38.1 Å². The molecule has 0 amide bonds. The van der Waals surface area contributed by atoms with Crippen molar-refractivity contribution < 1.29 is 14.3 Å². The van der Waals surface area contributed by atoms with Gasteiger partial charge in [0.25, 0.3) is 0 Å². The Morgan fingerprint density at radius 1 is 1.17 bits per heavy atom. The maximum atomic E-state index is 10.9. The van der Waals surface area contributed by atoms with Gasteiger partial charge in [-0.1, -0.05) is 13.8 Å². The molecule has 2 aromatic rings. The summed E-state index contributed by atoms with van der Waals surface area (Å²) in [4.78, 5) is 10.9. The van der Waals surface area contributed by atoms with Crippen LogP contribution >= 0.6 is 31.9 Å². The van der Waals surface area contributed by atoms with E-state index in [1.165, 1.54) is 0 Å². The topological polar surface area (TPSA) is 35.5 Å². The minimum absolute atomic E-state index is 0.373. The minimum Gasteiger partial charge on any atom is -0.496 e. The van der Waals surface area contributed by atoms with Crippen molar-refractivity contribution in [3.63, 3.8) is 0 Å². The zero-order valence-corrected chi connectivity index (χ0v) is 16.4. The van der Waals surface area contributed by atoms with Gasteiger partial charge in [0.1, 0.15) is 17.8 Å². The van der Waals surface area contributed by atoms with Gasteiger partial charge in [0.2, 0.25) is 0 Å². The molecule has 0 radical (unpaired) electrons. The lowest BCUT2D eigenvalue weighted by molar-refractivity contribution is 0.112. The van der Waals surface area contributed by atoms with Gasteiger partial charge in [-0.05, 0) is 74.5 Å². The molecule has 0 aliphatic heterocycles. The summed E-state index contributed by atoms with van der Waals surface area (Å²) in [6.07, 6.45) is 1.81. The lowest BCUT2D eigenvalue weighted by Gasteiger charge is -2.17. The van der Waals surface area contributed by atoms with E-state index in [4.69, 9.17) is 9.47 Å². The third-order valence-electron chi connectivity index (χ3n) is 3.72. The second-order valence-corrected chi connectivity index (χ2v) is 6.96. The molecule has 5 heteroatoms. The molecule has 0 saturated carbocycles. The zero-order chi connectivity index (χ0) is 17.0. The maximum Gasteiger partial charge on any atom is 0.155 e. The van der Waals surface area contributed by atoms with Gasteiger partial charge >= 0.3 is 0 Å². The number of benzene rings is 2. The molecule has 1 unspecified atom stereocenters. The molecular formula is C18H18Br2O3. The summed E-state index contributed by atoms with van der Waals surface area (Å²) in [5.41, 5.74) is 1.69. The second kappa shape index (κ2) is 7.97. The standard InChI is InChI=1S/C18H18Br2O3/c1-4-11(2)14-9-13(5-6-17(14)22-3)23-18-15(19)7-12(10-21)8-16(18)20/h5-11H,4H2,1-3H3. The van der Waals surface area contributed by atoms with Crippen LogP contribution in [-0.4, -0.2) is 13.4 Å². The predicted molar refractivity (Wildman–Crippen MR) is 99.0 cm³/mol. The van der Waals surface area contributed by atoms with E-state index < -0.39 is 0 Å². The number of ether oxygens (including phenoxy) is 2. The Morgan fingerprint density at radius 2 is 1.83 bits per heavy atom. The fourth-order valence-corrected chi connectivity index (χ4v) is 3.63. The van der Waals surface area contributed by atoms with Crippen LogP contribution in [0.4, 0.5) is 0 Å².